The Balaban J connectivity index is 2.16. The molecule has 0 unspecified atom stereocenters. The van der Waals surface area contributed by atoms with Crippen molar-refractivity contribution in [2.75, 3.05) is 5.43 Å². The molecule has 3 nitrogen and oxygen atoms in total. The second-order valence-electron chi connectivity index (χ2n) is 3.42. The summed E-state index contributed by atoms with van der Waals surface area (Å²) in [5.41, 5.74) is 4.32. The van der Waals surface area contributed by atoms with Crippen LogP contribution in [0.2, 0.25) is 15.1 Å². The number of benzene rings is 1. The van der Waals surface area contributed by atoms with Crippen LogP contribution in [0.1, 0.15) is 11.3 Å². The van der Waals surface area contributed by atoms with Crippen LogP contribution in [0.25, 0.3) is 0 Å². The van der Waals surface area contributed by atoms with Crippen LogP contribution in [0.3, 0.4) is 0 Å². The van der Waals surface area contributed by atoms with Crippen LogP contribution in [0.15, 0.2) is 22.6 Å². The van der Waals surface area contributed by atoms with Crippen LogP contribution in [0.5, 0.6) is 0 Å². The van der Waals surface area contributed by atoms with Crippen molar-refractivity contribution >= 4 is 57.5 Å². The van der Waals surface area contributed by atoms with E-state index in [1.165, 1.54) is 17.6 Å². The Labute approximate surface area is 123 Å². The fourth-order valence-electron chi connectivity index (χ4n) is 1.22. The largest absolute Gasteiger partial charge is 0.253 e. The highest BCUT2D eigenvalue weighted by Crippen LogP contribution is 2.30. The predicted molar refractivity (Wildman–Crippen MR) is 79.5 cm³/mol. The zero-order valence-electron chi connectivity index (χ0n) is 9.25. The van der Waals surface area contributed by atoms with Gasteiger partial charge in [0.2, 0.25) is 5.13 Å². The van der Waals surface area contributed by atoms with Gasteiger partial charge in [0.1, 0.15) is 0 Å². The lowest BCUT2D eigenvalue weighted by molar-refractivity contribution is 1.22. The molecule has 0 spiro atoms. The first-order valence-electron chi connectivity index (χ1n) is 4.92. The van der Waals surface area contributed by atoms with E-state index in [-0.39, 0.29) is 0 Å². The molecule has 94 valence electrons. The molecule has 1 aromatic carbocycles. The normalized spacial score (nSPS) is 11.1. The monoisotopic (exact) mass is 319 g/mol. The molecule has 0 bridgehead atoms. The minimum Gasteiger partial charge on any atom is -0.253 e. The maximum atomic E-state index is 6.04. The highest BCUT2D eigenvalue weighted by molar-refractivity contribution is 7.13. The van der Waals surface area contributed by atoms with E-state index in [1.807, 2.05) is 12.3 Å². The van der Waals surface area contributed by atoms with Gasteiger partial charge in [0.15, 0.2) is 0 Å². The third kappa shape index (κ3) is 3.14. The summed E-state index contributed by atoms with van der Waals surface area (Å²) in [6.45, 7) is 1.91. The summed E-state index contributed by atoms with van der Waals surface area (Å²) in [6.07, 6.45) is 1.52. The molecule has 0 amide bonds. The number of aryl methyl sites for hydroxylation is 1. The summed E-state index contributed by atoms with van der Waals surface area (Å²) < 4.78 is 0. The fraction of sp³-hybridized carbons (Fsp3) is 0.0909. The molecule has 0 radical (unpaired) electrons. The van der Waals surface area contributed by atoms with Crippen molar-refractivity contribution in [1.82, 2.24) is 4.98 Å². The topological polar surface area (TPSA) is 37.3 Å². The molecule has 2 aromatic rings. The Kier molecular flexibility index (Phi) is 4.45. The standard InChI is InChI=1S/C11H8Cl3N3S/c1-6-5-18-11(16-6)17-15-4-7-8(12)2-3-9(13)10(7)14/h2-5H,1H3,(H,16,17)/b15-4+. The van der Waals surface area contributed by atoms with Crippen LogP contribution in [-0.4, -0.2) is 11.2 Å². The third-order valence-corrected chi connectivity index (χ3v) is 4.07. The SMILES string of the molecule is Cc1csc(N/N=C/c2c(Cl)ccc(Cl)c2Cl)n1. The zero-order valence-corrected chi connectivity index (χ0v) is 12.3. The first kappa shape index (κ1) is 13.6. The molecule has 7 heteroatoms. The smallest absolute Gasteiger partial charge is 0.203 e. The maximum Gasteiger partial charge on any atom is 0.203 e. The average Bonchev–Trinajstić information content (AvgIpc) is 2.74. The van der Waals surface area contributed by atoms with Gasteiger partial charge in [0, 0.05) is 10.9 Å². The lowest BCUT2D eigenvalue weighted by atomic mass is 10.2. The van der Waals surface area contributed by atoms with Crippen molar-refractivity contribution in [2.45, 2.75) is 6.92 Å². The van der Waals surface area contributed by atoms with E-state index in [9.17, 15) is 0 Å². The van der Waals surface area contributed by atoms with E-state index in [0.717, 1.165) is 5.69 Å². The van der Waals surface area contributed by atoms with Gasteiger partial charge in [0.05, 0.1) is 27.0 Å². The minimum atomic E-state index is 0.380. The lowest BCUT2D eigenvalue weighted by Crippen LogP contribution is -1.92. The summed E-state index contributed by atoms with van der Waals surface area (Å²) in [5, 5.41) is 7.98. The van der Waals surface area contributed by atoms with Gasteiger partial charge in [-0.3, -0.25) is 5.43 Å². The second-order valence-corrected chi connectivity index (χ2v) is 5.47. The highest BCUT2D eigenvalue weighted by atomic mass is 35.5. The Bertz CT molecular complexity index is 595. The summed E-state index contributed by atoms with van der Waals surface area (Å²) in [4.78, 5) is 4.21. The summed E-state index contributed by atoms with van der Waals surface area (Å²) in [7, 11) is 0. The number of nitrogens with zero attached hydrogens (tertiary/aromatic N) is 2. The number of aromatic nitrogens is 1. The zero-order chi connectivity index (χ0) is 13.1. The third-order valence-electron chi connectivity index (χ3n) is 2.05. The van der Waals surface area contributed by atoms with Gasteiger partial charge in [-0.2, -0.15) is 5.10 Å². The number of nitrogens with one attached hydrogen (secondary N) is 1. The quantitative estimate of drug-likeness (QED) is 0.498. The molecule has 0 aliphatic carbocycles. The Morgan fingerprint density at radius 2 is 2.00 bits per heavy atom. The second kappa shape index (κ2) is 5.89. The average molecular weight is 321 g/mol. The predicted octanol–water partition coefficient (Wildman–Crippen LogP) is 4.86. The van der Waals surface area contributed by atoms with Gasteiger partial charge in [0.25, 0.3) is 0 Å². The molecule has 0 aliphatic rings. The molecular formula is C11H8Cl3N3S. The maximum absolute atomic E-state index is 6.04. The van der Waals surface area contributed by atoms with Crippen LogP contribution < -0.4 is 5.43 Å². The van der Waals surface area contributed by atoms with Gasteiger partial charge < -0.3 is 0 Å². The Morgan fingerprint density at radius 3 is 2.67 bits per heavy atom. The van der Waals surface area contributed by atoms with Gasteiger partial charge >= 0.3 is 0 Å². The summed E-state index contributed by atoms with van der Waals surface area (Å²) in [6, 6.07) is 3.31. The number of rotatable bonds is 3. The van der Waals surface area contributed by atoms with Crippen molar-refractivity contribution < 1.29 is 0 Å². The first-order chi connectivity index (χ1) is 8.58. The van der Waals surface area contributed by atoms with Crippen LogP contribution >= 0.6 is 46.1 Å². The highest BCUT2D eigenvalue weighted by Gasteiger charge is 2.07. The van der Waals surface area contributed by atoms with Crippen molar-refractivity contribution in [3.05, 3.63) is 43.8 Å². The minimum absolute atomic E-state index is 0.380. The number of thiazole rings is 1. The molecule has 0 aliphatic heterocycles. The molecule has 0 saturated heterocycles. The number of halogens is 3. The van der Waals surface area contributed by atoms with Crippen molar-refractivity contribution in [3.8, 4) is 0 Å². The van der Waals surface area contributed by atoms with Crippen molar-refractivity contribution in [1.29, 1.82) is 0 Å². The fourth-order valence-corrected chi connectivity index (χ4v) is 2.49. The van der Waals surface area contributed by atoms with Crippen molar-refractivity contribution in [2.24, 2.45) is 5.10 Å². The molecule has 1 heterocycles. The molecule has 0 fully saturated rings. The van der Waals surface area contributed by atoms with E-state index >= 15 is 0 Å². The number of hydrazone groups is 1. The van der Waals surface area contributed by atoms with Gasteiger partial charge in [-0.1, -0.05) is 34.8 Å². The van der Waals surface area contributed by atoms with E-state index < -0.39 is 0 Å². The van der Waals surface area contributed by atoms with Crippen LogP contribution in [-0.2, 0) is 0 Å². The van der Waals surface area contributed by atoms with Gasteiger partial charge in [-0.05, 0) is 19.1 Å². The number of hydrogen-bond donors (Lipinski definition) is 1. The van der Waals surface area contributed by atoms with Crippen LogP contribution in [0.4, 0.5) is 5.13 Å². The molecular weight excluding hydrogens is 313 g/mol. The van der Waals surface area contributed by atoms with E-state index in [2.05, 4.69) is 15.5 Å². The Morgan fingerprint density at radius 1 is 1.28 bits per heavy atom. The number of hydrogen-bond acceptors (Lipinski definition) is 4. The molecule has 0 saturated carbocycles. The van der Waals surface area contributed by atoms with E-state index in [0.29, 0.717) is 25.8 Å². The van der Waals surface area contributed by atoms with Crippen LogP contribution in [0, 0.1) is 6.92 Å². The summed E-state index contributed by atoms with van der Waals surface area (Å²) >= 11 is 19.4. The molecule has 18 heavy (non-hydrogen) atoms. The molecule has 1 aromatic heterocycles. The molecule has 1 N–H and O–H groups in total. The molecule has 0 atom stereocenters. The lowest BCUT2D eigenvalue weighted by Gasteiger charge is -2.02. The number of anilines is 1. The van der Waals surface area contributed by atoms with E-state index in [1.54, 1.807) is 12.1 Å². The van der Waals surface area contributed by atoms with Gasteiger partial charge in [-0.25, -0.2) is 4.98 Å². The Hall–Kier alpha value is -0.810. The summed E-state index contributed by atoms with van der Waals surface area (Å²) in [5.74, 6) is 0. The molecule has 2 rings (SSSR count). The first-order valence-corrected chi connectivity index (χ1v) is 6.94. The van der Waals surface area contributed by atoms with Crippen molar-refractivity contribution in [3.63, 3.8) is 0 Å². The van der Waals surface area contributed by atoms with Gasteiger partial charge in [-0.15, -0.1) is 11.3 Å². The van der Waals surface area contributed by atoms with E-state index in [4.69, 9.17) is 34.8 Å².